The SMILES string of the molecule is CCOc1ccc2nc(NCC3CCSC3)sc2c1. The summed E-state index contributed by atoms with van der Waals surface area (Å²) >= 11 is 3.77. The highest BCUT2D eigenvalue weighted by Gasteiger charge is 2.15. The number of ether oxygens (including phenoxy) is 1. The summed E-state index contributed by atoms with van der Waals surface area (Å²) in [6.45, 7) is 3.75. The van der Waals surface area contributed by atoms with E-state index in [1.165, 1.54) is 22.6 Å². The summed E-state index contributed by atoms with van der Waals surface area (Å²) in [5.41, 5.74) is 1.05. The number of thiazole rings is 1. The van der Waals surface area contributed by atoms with Gasteiger partial charge in [0.2, 0.25) is 0 Å². The van der Waals surface area contributed by atoms with Crippen LogP contribution in [0, 0.1) is 5.92 Å². The van der Waals surface area contributed by atoms with Crippen molar-refractivity contribution >= 4 is 38.4 Å². The Hall–Kier alpha value is -0.940. The van der Waals surface area contributed by atoms with Crippen LogP contribution in [0.25, 0.3) is 10.2 Å². The molecule has 102 valence electrons. The zero-order chi connectivity index (χ0) is 13.1. The molecule has 0 amide bonds. The first-order chi connectivity index (χ1) is 9.35. The number of anilines is 1. The Bertz CT molecular complexity index is 549. The van der Waals surface area contributed by atoms with Gasteiger partial charge in [-0.1, -0.05) is 11.3 Å². The summed E-state index contributed by atoms with van der Waals surface area (Å²) in [6, 6.07) is 6.10. The van der Waals surface area contributed by atoms with E-state index in [0.717, 1.165) is 28.9 Å². The Labute approximate surface area is 121 Å². The van der Waals surface area contributed by atoms with E-state index in [0.29, 0.717) is 6.61 Å². The van der Waals surface area contributed by atoms with Gasteiger partial charge in [0, 0.05) is 6.54 Å². The van der Waals surface area contributed by atoms with E-state index in [-0.39, 0.29) is 0 Å². The predicted molar refractivity (Wildman–Crippen MR) is 84.7 cm³/mol. The van der Waals surface area contributed by atoms with Crippen molar-refractivity contribution in [3.63, 3.8) is 0 Å². The minimum atomic E-state index is 0.703. The lowest BCUT2D eigenvalue weighted by molar-refractivity contribution is 0.341. The van der Waals surface area contributed by atoms with Gasteiger partial charge in [0.1, 0.15) is 5.75 Å². The average Bonchev–Trinajstić information content (AvgIpc) is 3.05. The lowest BCUT2D eigenvalue weighted by Gasteiger charge is -2.07. The molecule has 0 radical (unpaired) electrons. The van der Waals surface area contributed by atoms with Crippen LogP contribution in [0.5, 0.6) is 5.75 Å². The summed E-state index contributed by atoms with van der Waals surface area (Å²) in [7, 11) is 0. The molecule has 1 aromatic heterocycles. The summed E-state index contributed by atoms with van der Waals surface area (Å²) in [4.78, 5) is 4.62. The summed E-state index contributed by atoms with van der Waals surface area (Å²) < 4.78 is 6.71. The van der Waals surface area contributed by atoms with Crippen LogP contribution in [0.2, 0.25) is 0 Å². The first kappa shape index (κ1) is 13.1. The van der Waals surface area contributed by atoms with E-state index in [1.54, 1.807) is 11.3 Å². The Balaban J connectivity index is 1.69. The number of nitrogens with one attached hydrogen (secondary N) is 1. The largest absolute Gasteiger partial charge is 0.494 e. The van der Waals surface area contributed by atoms with Crippen molar-refractivity contribution < 1.29 is 4.74 Å². The van der Waals surface area contributed by atoms with Gasteiger partial charge in [0.15, 0.2) is 5.13 Å². The van der Waals surface area contributed by atoms with Crippen molar-refractivity contribution in [3.05, 3.63) is 18.2 Å². The highest BCUT2D eigenvalue weighted by molar-refractivity contribution is 7.99. The van der Waals surface area contributed by atoms with E-state index in [4.69, 9.17) is 4.74 Å². The van der Waals surface area contributed by atoms with E-state index < -0.39 is 0 Å². The van der Waals surface area contributed by atoms with Gasteiger partial charge in [-0.3, -0.25) is 0 Å². The number of nitrogens with zero attached hydrogens (tertiary/aromatic N) is 1. The molecule has 1 saturated heterocycles. The lowest BCUT2D eigenvalue weighted by atomic mass is 10.1. The first-order valence-corrected chi connectivity index (χ1v) is 8.67. The number of hydrogen-bond donors (Lipinski definition) is 1. The molecule has 1 aliphatic rings. The molecule has 0 aliphatic carbocycles. The molecule has 1 aromatic carbocycles. The molecule has 3 nitrogen and oxygen atoms in total. The fraction of sp³-hybridized carbons (Fsp3) is 0.500. The molecule has 0 saturated carbocycles. The van der Waals surface area contributed by atoms with Gasteiger partial charge in [0.05, 0.1) is 16.8 Å². The highest BCUT2D eigenvalue weighted by atomic mass is 32.2. The highest BCUT2D eigenvalue weighted by Crippen LogP contribution is 2.30. The van der Waals surface area contributed by atoms with Crippen LogP contribution >= 0.6 is 23.1 Å². The smallest absolute Gasteiger partial charge is 0.183 e. The van der Waals surface area contributed by atoms with Crippen molar-refractivity contribution in [2.75, 3.05) is 30.0 Å². The fourth-order valence-corrected chi connectivity index (χ4v) is 4.40. The van der Waals surface area contributed by atoms with Crippen LogP contribution in [0.1, 0.15) is 13.3 Å². The lowest BCUT2D eigenvalue weighted by Crippen LogP contribution is -2.13. The zero-order valence-electron chi connectivity index (χ0n) is 11.0. The van der Waals surface area contributed by atoms with Crippen LogP contribution in [0.3, 0.4) is 0 Å². The van der Waals surface area contributed by atoms with Gasteiger partial charge >= 0.3 is 0 Å². The van der Waals surface area contributed by atoms with Gasteiger partial charge < -0.3 is 10.1 Å². The van der Waals surface area contributed by atoms with E-state index in [2.05, 4.69) is 28.1 Å². The predicted octanol–water partition coefficient (Wildman–Crippen LogP) is 3.86. The normalized spacial score (nSPS) is 18.9. The zero-order valence-corrected chi connectivity index (χ0v) is 12.6. The van der Waals surface area contributed by atoms with Crippen molar-refractivity contribution in [2.24, 2.45) is 5.92 Å². The number of aromatic nitrogens is 1. The number of benzene rings is 1. The minimum absolute atomic E-state index is 0.703. The minimum Gasteiger partial charge on any atom is -0.494 e. The van der Waals surface area contributed by atoms with Crippen LogP contribution in [0.4, 0.5) is 5.13 Å². The molecule has 3 rings (SSSR count). The first-order valence-electron chi connectivity index (χ1n) is 6.70. The quantitative estimate of drug-likeness (QED) is 0.908. The van der Waals surface area contributed by atoms with Crippen molar-refractivity contribution in [1.82, 2.24) is 4.98 Å². The average molecular weight is 294 g/mol. The maximum atomic E-state index is 5.52. The maximum Gasteiger partial charge on any atom is 0.183 e. The molecule has 0 bridgehead atoms. The van der Waals surface area contributed by atoms with E-state index in [1.807, 2.05) is 19.1 Å². The van der Waals surface area contributed by atoms with Crippen molar-refractivity contribution in [2.45, 2.75) is 13.3 Å². The number of hydrogen-bond acceptors (Lipinski definition) is 5. The molecule has 1 unspecified atom stereocenters. The summed E-state index contributed by atoms with van der Waals surface area (Å²) in [6.07, 6.45) is 1.33. The number of rotatable bonds is 5. The number of fused-ring (bicyclic) bond motifs is 1. The second kappa shape index (κ2) is 6.01. The molecular formula is C14H18N2OS2. The Morgan fingerprint density at radius 3 is 3.21 bits per heavy atom. The topological polar surface area (TPSA) is 34.1 Å². The van der Waals surface area contributed by atoms with Crippen molar-refractivity contribution in [3.8, 4) is 5.75 Å². The Kier molecular flexibility index (Phi) is 4.13. The standard InChI is InChI=1S/C14H18N2OS2/c1-2-17-11-3-4-12-13(7-11)19-14(16-12)15-8-10-5-6-18-9-10/h3-4,7,10H,2,5-6,8-9H2,1H3,(H,15,16). The summed E-state index contributed by atoms with van der Waals surface area (Å²) in [5, 5.41) is 4.51. The van der Waals surface area contributed by atoms with Gasteiger partial charge in [-0.2, -0.15) is 11.8 Å². The Morgan fingerprint density at radius 2 is 2.42 bits per heavy atom. The molecule has 1 fully saturated rings. The fourth-order valence-electron chi connectivity index (χ4n) is 2.21. The second-order valence-electron chi connectivity index (χ2n) is 4.69. The molecule has 0 spiro atoms. The molecule has 2 heterocycles. The van der Waals surface area contributed by atoms with Gasteiger partial charge in [0.25, 0.3) is 0 Å². The van der Waals surface area contributed by atoms with Gasteiger partial charge in [-0.25, -0.2) is 4.98 Å². The van der Waals surface area contributed by atoms with Crippen molar-refractivity contribution in [1.29, 1.82) is 0 Å². The summed E-state index contributed by atoms with van der Waals surface area (Å²) in [5.74, 6) is 4.32. The molecular weight excluding hydrogens is 276 g/mol. The second-order valence-corrected chi connectivity index (χ2v) is 6.87. The van der Waals surface area contributed by atoms with Gasteiger partial charge in [-0.05, 0) is 49.0 Å². The third-order valence-corrected chi connectivity index (χ3v) is 5.44. The van der Waals surface area contributed by atoms with E-state index in [9.17, 15) is 0 Å². The molecule has 19 heavy (non-hydrogen) atoms. The van der Waals surface area contributed by atoms with Crippen LogP contribution in [-0.4, -0.2) is 29.6 Å². The van der Waals surface area contributed by atoms with E-state index >= 15 is 0 Å². The molecule has 1 atom stereocenters. The molecule has 1 aliphatic heterocycles. The van der Waals surface area contributed by atoms with Crippen LogP contribution in [-0.2, 0) is 0 Å². The number of thioether (sulfide) groups is 1. The van der Waals surface area contributed by atoms with Gasteiger partial charge in [-0.15, -0.1) is 0 Å². The van der Waals surface area contributed by atoms with Crippen LogP contribution < -0.4 is 10.1 Å². The molecule has 1 N–H and O–H groups in total. The molecule has 2 aromatic rings. The maximum absolute atomic E-state index is 5.52. The Morgan fingerprint density at radius 1 is 1.47 bits per heavy atom. The third-order valence-electron chi connectivity index (χ3n) is 3.24. The van der Waals surface area contributed by atoms with Crippen LogP contribution in [0.15, 0.2) is 18.2 Å². The monoisotopic (exact) mass is 294 g/mol. The molecule has 5 heteroatoms. The third kappa shape index (κ3) is 3.15.